The van der Waals surface area contributed by atoms with Crippen molar-refractivity contribution < 1.29 is 19.1 Å². The van der Waals surface area contributed by atoms with E-state index in [-0.39, 0.29) is 29.7 Å². The van der Waals surface area contributed by atoms with Crippen molar-refractivity contribution in [1.82, 2.24) is 10.0 Å². The fraction of sp³-hybridized carbons (Fsp3) is 0.867. The zero-order valence-corrected chi connectivity index (χ0v) is 13.8. The van der Waals surface area contributed by atoms with Gasteiger partial charge in [-0.25, -0.2) is 19.6 Å². The second-order valence-corrected chi connectivity index (χ2v) is 6.98. The van der Waals surface area contributed by atoms with Gasteiger partial charge in [0, 0.05) is 5.41 Å². The van der Waals surface area contributed by atoms with E-state index < -0.39 is 12.2 Å². The van der Waals surface area contributed by atoms with E-state index in [4.69, 9.17) is 9.47 Å². The summed E-state index contributed by atoms with van der Waals surface area (Å²) >= 11 is 0. The van der Waals surface area contributed by atoms with Crippen LogP contribution in [0.2, 0.25) is 0 Å². The van der Waals surface area contributed by atoms with Gasteiger partial charge in [-0.1, -0.05) is 13.8 Å². The van der Waals surface area contributed by atoms with Crippen LogP contribution < -0.4 is 0 Å². The van der Waals surface area contributed by atoms with E-state index in [1.54, 1.807) is 27.7 Å². The number of carbonyl (C=O) groups is 2. The highest BCUT2D eigenvalue weighted by Gasteiger charge is 2.61. The first-order valence-electron chi connectivity index (χ1n) is 7.65. The minimum atomic E-state index is -0.467. The molecule has 120 valence electrons. The molecule has 1 aliphatic carbocycles. The molecule has 6 nitrogen and oxygen atoms in total. The molecule has 2 fully saturated rings. The summed E-state index contributed by atoms with van der Waals surface area (Å²) in [7, 11) is 0. The van der Waals surface area contributed by atoms with E-state index >= 15 is 0 Å². The second kappa shape index (κ2) is 5.39. The van der Waals surface area contributed by atoms with Crippen LogP contribution in [0.5, 0.6) is 0 Å². The van der Waals surface area contributed by atoms with E-state index in [2.05, 4.69) is 13.8 Å². The normalized spacial score (nSPS) is 26.7. The van der Waals surface area contributed by atoms with Gasteiger partial charge in [-0.05, 0) is 40.5 Å². The highest BCUT2D eigenvalue weighted by atomic mass is 16.6. The molecule has 0 aromatic rings. The van der Waals surface area contributed by atoms with Crippen molar-refractivity contribution in [2.45, 2.75) is 78.7 Å². The fourth-order valence-corrected chi connectivity index (χ4v) is 3.40. The number of hydrogen-bond acceptors (Lipinski definition) is 4. The lowest BCUT2D eigenvalue weighted by Gasteiger charge is -2.36. The van der Waals surface area contributed by atoms with Crippen LogP contribution in [0.4, 0.5) is 9.59 Å². The predicted octanol–water partition coefficient (Wildman–Crippen LogP) is 3.17. The Labute approximate surface area is 126 Å². The number of ether oxygens (including phenoxy) is 2. The third-order valence-electron chi connectivity index (χ3n) is 4.30. The van der Waals surface area contributed by atoms with Crippen LogP contribution in [0.25, 0.3) is 0 Å². The van der Waals surface area contributed by atoms with Crippen LogP contribution in [-0.2, 0) is 9.47 Å². The summed E-state index contributed by atoms with van der Waals surface area (Å²) in [6.45, 7) is 11.4. The number of rotatable bonds is 2. The van der Waals surface area contributed by atoms with Gasteiger partial charge in [0.25, 0.3) is 0 Å². The Morgan fingerprint density at radius 1 is 0.905 bits per heavy atom. The molecular formula is C15H26N2O4. The molecule has 2 aliphatic rings. The fourth-order valence-electron chi connectivity index (χ4n) is 3.40. The molecule has 2 atom stereocenters. The Balaban J connectivity index is 2.26. The monoisotopic (exact) mass is 298 g/mol. The lowest BCUT2D eigenvalue weighted by Crippen LogP contribution is -2.54. The Morgan fingerprint density at radius 2 is 1.24 bits per heavy atom. The standard InChI is InChI=1S/C15H26N2O4/c1-9(2)20-13(18)16-11-7-8-12(15(11,5)6)17(16)14(19)21-10(3)4/h9-12H,7-8H2,1-6H3. The predicted molar refractivity (Wildman–Crippen MR) is 77.5 cm³/mol. The summed E-state index contributed by atoms with van der Waals surface area (Å²) < 4.78 is 10.6. The molecule has 1 aliphatic heterocycles. The van der Waals surface area contributed by atoms with Crippen LogP contribution >= 0.6 is 0 Å². The van der Waals surface area contributed by atoms with E-state index in [0.717, 1.165) is 12.8 Å². The molecule has 2 unspecified atom stereocenters. The second-order valence-electron chi connectivity index (χ2n) is 6.98. The molecule has 0 spiro atoms. The van der Waals surface area contributed by atoms with Crippen molar-refractivity contribution in [2.75, 3.05) is 0 Å². The van der Waals surface area contributed by atoms with Crippen LogP contribution in [0.1, 0.15) is 54.4 Å². The van der Waals surface area contributed by atoms with Crippen molar-refractivity contribution >= 4 is 12.2 Å². The van der Waals surface area contributed by atoms with Gasteiger partial charge in [-0.15, -0.1) is 0 Å². The van der Waals surface area contributed by atoms with E-state index in [1.807, 2.05) is 0 Å². The Morgan fingerprint density at radius 3 is 1.52 bits per heavy atom. The number of hydrazine groups is 1. The van der Waals surface area contributed by atoms with Gasteiger partial charge >= 0.3 is 12.2 Å². The summed E-state index contributed by atoms with van der Waals surface area (Å²) in [6, 6.07) is -0.0399. The average molecular weight is 298 g/mol. The van der Waals surface area contributed by atoms with E-state index in [9.17, 15) is 9.59 Å². The van der Waals surface area contributed by atoms with Crippen molar-refractivity contribution in [1.29, 1.82) is 0 Å². The lowest BCUT2D eigenvalue weighted by atomic mass is 9.85. The van der Waals surface area contributed by atoms with Gasteiger partial charge in [0.05, 0.1) is 24.3 Å². The van der Waals surface area contributed by atoms with Gasteiger partial charge in [0.1, 0.15) is 0 Å². The molecule has 0 aromatic heterocycles. The summed E-state index contributed by atoms with van der Waals surface area (Å²) in [5.41, 5.74) is -0.147. The first kappa shape index (κ1) is 15.9. The van der Waals surface area contributed by atoms with Gasteiger partial charge in [-0.2, -0.15) is 0 Å². The largest absolute Gasteiger partial charge is 0.445 e. The van der Waals surface area contributed by atoms with Crippen LogP contribution in [-0.4, -0.2) is 46.5 Å². The highest BCUT2D eigenvalue weighted by molar-refractivity contribution is 5.76. The maximum absolute atomic E-state index is 12.4. The molecule has 2 amide bonds. The topological polar surface area (TPSA) is 59.1 Å². The van der Waals surface area contributed by atoms with E-state index in [1.165, 1.54) is 10.0 Å². The Bertz CT molecular complexity index is 395. The first-order valence-corrected chi connectivity index (χ1v) is 7.65. The van der Waals surface area contributed by atoms with Gasteiger partial charge in [0.2, 0.25) is 0 Å². The molecule has 1 saturated heterocycles. The average Bonchev–Trinajstić information content (AvgIpc) is 2.74. The van der Waals surface area contributed by atoms with Crippen LogP contribution in [0, 0.1) is 5.41 Å². The van der Waals surface area contributed by atoms with Crippen molar-refractivity contribution in [2.24, 2.45) is 5.41 Å². The summed E-state index contributed by atoms with van der Waals surface area (Å²) in [6.07, 6.45) is 0.398. The quantitative estimate of drug-likeness (QED) is 0.785. The molecule has 0 radical (unpaired) electrons. The molecular weight excluding hydrogens is 272 g/mol. The SMILES string of the molecule is CC(C)OC(=O)N1C2CCC(N1C(=O)OC(C)C)C2(C)C. The maximum Gasteiger partial charge on any atom is 0.429 e. The highest BCUT2D eigenvalue weighted by Crippen LogP contribution is 2.51. The molecule has 1 saturated carbocycles. The smallest absolute Gasteiger partial charge is 0.429 e. The van der Waals surface area contributed by atoms with Gasteiger partial charge < -0.3 is 9.47 Å². The first-order chi connectivity index (χ1) is 9.66. The number of fused-ring (bicyclic) bond motifs is 2. The zero-order chi connectivity index (χ0) is 15.9. The number of hydrogen-bond donors (Lipinski definition) is 0. The molecule has 0 N–H and O–H groups in total. The Hall–Kier alpha value is -1.46. The zero-order valence-electron chi connectivity index (χ0n) is 13.8. The maximum atomic E-state index is 12.4. The van der Waals surface area contributed by atoms with Crippen molar-refractivity contribution in [3.8, 4) is 0 Å². The summed E-state index contributed by atoms with van der Waals surface area (Å²) in [4.78, 5) is 24.8. The molecule has 1 heterocycles. The summed E-state index contributed by atoms with van der Waals surface area (Å²) in [5.74, 6) is 0. The number of carbonyl (C=O) groups excluding carboxylic acids is 2. The van der Waals surface area contributed by atoms with Crippen molar-refractivity contribution in [3.05, 3.63) is 0 Å². The summed E-state index contributed by atoms with van der Waals surface area (Å²) in [5, 5.41) is 2.94. The molecule has 21 heavy (non-hydrogen) atoms. The van der Waals surface area contributed by atoms with E-state index in [0.29, 0.717) is 0 Å². The minimum Gasteiger partial charge on any atom is -0.445 e. The van der Waals surface area contributed by atoms with Gasteiger partial charge in [-0.3, -0.25) is 0 Å². The molecule has 6 heteroatoms. The minimum absolute atomic E-state index is 0.0199. The number of amides is 2. The Kier molecular flexibility index (Phi) is 4.08. The molecule has 0 aromatic carbocycles. The third kappa shape index (κ3) is 2.68. The van der Waals surface area contributed by atoms with Gasteiger partial charge in [0.15, 0.2) is 0 Å². The molecule has 2 bridgehead atoms. The number of nitrogens with zero attached hydrogens (tertiary/aromatic N) is 2. The lowest BCUT2D eigenvalue weighted by molar-refractivity contribution is -0.0514. The van der Waals surface area contributed by atoms with Crippen molar-refractivity contribution in [3.63, 3.8) is 0 Å². The van der Waals surface area contributed by atoms with Crippen LogP contribution in [0.15, 0.2) is 0 Å². The van der Waals surface area contributed by atoms with Crippen LogP contribution in [0.3, 0.4) is 0 Å². The molecule has 2 rings (SSSR count). The third-order valence-corrected chi connectivity index (χ3v) is 4.30.